The summed E-state index contributed by atoms with van der Waals surface area (Å²) in [6.07, 6.45) is 1.24. The summed E-state index contributed by atoms with van der Waals surface area (Å²) in [5.74, 6) is -1.63. The van der Waals surface area contributed by atoms with E-state index in [1.165, 1.54) is 32.2 Å². The summed E-state index contributed by atoms with van der Waals surface area (Å²) in [7, 11) is 1.18. The van der Waals surface area contributed by atoms with Crippen LogP contribution in [-0.4, -0.2) is 19.0 Å². The van der Waals surface area contributed by atoms with Gasteiger partial charge in [-0.15, -0.1) is 0 Å². The van der Waals surface area contributed by atoms with Crippen molar-refractivity contribution in [2.45, 2.75) is 13.8 Å². The van der Waals surface area contributed by atoms with E-state index in [0.717, 1.165) is 5.56 Å². The first-order chi connectivity index (χ1) is 8.43. The SMILES string of the molecule is COC(=O)/C(=C/c1ccc(C)cc1F)NC(C)=O. The molecule has 0 atom stereocenters. The molecule has 0 saturated heterocycles. The number of aryl methyl sites for hydroxylation is 1. The van der Waals surface area contributed by atoms with Crippen molar-refractivity contribution in [3.63, 3.8) is 0 Å². The molecule has 1 aromatic carbocycles. The van der Waals surface area contributed by atoms with Gasteiger partial charge in [0.1, 0.15) is 11.5 Å². The molecule has 0 saturated carbocycles. The van der Waals surface area contributed by atoms with Crippen molar-refractivity contribution < 1.29 is 18.7 Å². The highest BCUT2D eigenvalue weighted by molar-refractivity contribution is 5.97. The lowest BCUT2D eigenvalue weighted by Gasteiger charge is -2.06. The van der Waals surface area contributed by atoms with Crippen molar-refractivity contribution in [1.29, 1.82) is 0 Å². The second-order valence-electron chi connectivity index (χ2n) is 3.76. The minimum absolute atomic E-state index is 0.104. The molecule has 0 aliphatic carbocycles. The first-order valence-electron chi connectivity index (χ1n) is 5.27. The van der Waals surface area contributed by atoms with Crippen LogP contribution in [0, 0.1) is 12.7 Å². The van der Waals surface area contributed by atoms with Crippen molar-refractivity contribution in [3.8, 4) is 0 Å². The lowest BCUT2D eigenvalue weighted by atomic mass is 10.1. The fraction of sp³-hybridized carbons (Fsp3) is 0.231. The first-order valence-corrected chi connectivity index (χ1v) is 5.27. The largest absolute Gasteiger partial charge is 0.464 e. The van der Waals surface area contributed by atoms with Crippen molar-refractivity contribution in [2.75, 3.05) is 7.11 Å². The Morgan fingerprint density at radius 1 is 1.39 bits per heavy atom. The van der Waals surface area contributed by atoms with Crippen LogP contribution in [0.15, 0.2) is 23.9 Å². The number of esters is 1. The third-order valence-electron chi connectivity index (χ3n) is 2.17. The molecule has 0 spiro atoms. The summed E-state index contributed by atoms with van der Waals surface area (Å²) in [6.45, 7) is 3.01. The fourth-order valence-electron chi connectivity index (χ4n) is 1.35. The zero-order valence-corrected chi connectivity index (χ0v) is 10.4. The van der Waals surface area contributed by atoms with E-state index in [9.17, 15) is 14.0 Å². The fourth-order valence-corrected chi connectivity index (χ4v) is 1.35. The van der Waals surface area contributed by atoms with Gasteiger partial charge in [0.2, 0.25) is 5.91 Å². The molecule has 18 heavy (non-hydrogen) atoms. The van der Waals surface area contributed by atoms with E-state index in [-0.39, 0.29) is 11.3 Å². The molecule has 0 aromatic heterocycles. The molecule has 1 rings (SSSR count). The summed E-state index contributed by atoms with van der Waals surface area (Å²) in [6, 6.07) is 4.57. The van der Waals surface area contributed by atoms with Crippen LogP contribution in [0.3, 0.4) is 0 Å². The average molecular weight is 251 g/mol. The van der Waals surface area contributed by atoms with Gasteiger partial charge in [-0.25, -0.2) is 9.18 Å². The Hall–Kier alpha value is -2.17. The average Bonchev–Trinajstić information content (AvgIpc) is 2.30. The number of hydrogen-bond acceptors (Lipinski definition) is 3. The maximum atomic E-state index is 13.6. The van der Waals surface area contributed by atoms with Crippen LogP contribution >= 0.6 is 0 Å². The zero-order chi connectivity index (χ0) is 13.7. The molecule has 0 radical (unpaired) electrons. The third kappa shape index (κ3) is 3.69. The van der Waals surface area contributed by atoms with Crippen LogP contribution in [0.4, 0.5) is 4.39 Å². The predicted octanol–water partition coefficient (Wildman–Crippen LogP) is 1.78. The van der Waals surface area contributed by atoms with Gasteiger partial charge in [0.05, 0.1) is 7.11 Å². The van der Waals surface area contributed by atoms with E-state index >= 15 is 0 Å². The maximum Gasteiger partial charge on any atom is 0.354 e. The van der Waals surface area contributed by atoms with Crippen molar-refractivity contribution in [2.24, 2.45) is 0 Å². The summed E-state index contributed by atoms with van der Waals surface area (Å²) in [4.78, 5) is 22.4. The number of halogens is 1. The Labute approximate surface area is 104 Å². The molecule has 96 valence electrons. The molecular formula is C13H14FNO3. The Morgan fingerprint density at radius 2 is 2.06 bits per heavy atom. The number of benzene rings is 1. The zero-order valence-electron chi connectivity index (χ0n) is 10.4. The Bertz CT molecular complexity index is 509. The van der Waals surface area contributed by atoms with E-state index in [4.69, 9.17) is 0 Å². The van der Waals surface area contributed by atoms with Crippen LogP contribution in [0.25, 0.3) is 6.08 Å². The lowest BCUT2D eigenvalue weighted by Crippen LogP contribution is -2.25. The van der Waals surface area contributed by atoms with Crippen LogP contribution in [0.5, 0.6) is 0 Å². The van der Waals surface area contributed by atoms with E-state index < -0.39 is 17.7 Å². The topological polar surface area (TPSA) is 55.4 Å². The molecule has 0 fully saturated rings. The summed E-state index contributed by atoms with van der Waals surface area (Å²) >= 11 is 0. The molecule has 1 aromatic rings. The third-order valence-corrected chi connectivity index (χ3v) is 2.17. The Balaban J connectivity index is 3.14. The second kappa shape index (κ2) is 5.95. The van der Waals surface area contributed by atoms with Gasteiger partial charge in [-0.05, 0) is 24.6 Å². The Kier molecular flexibility index (Phi) is 4.59. The maximum absolute atomic E-state index is 13.6. The highest BCUT2D eigenvalue weighted by Crippen LogP contribution is 2.13. The number of carbonyl (C=O) groups excluding carboxylic acids is 2. The number of carbonyl (C=O) groups is 2. The van der Waals surface area contributed by atoms with Crippen molar-refractivity contribution >= 4 is 18.0 Å². The second-order valence-corrected chi connectivity index (χ2v) is 3.76. The van der Waals surface area contributed by atoms with Gasteiger partial charge < -0.3 is 10.1 Å². The summed E-state index contributed by atoms with van der Waals surface area (Å²) in [5.41, 5.74) is 0.867. The van der Waals surface area contributed by atoms with Gasteiger partial charge in [0, 0.05) is 12.5 Å². The lowest BCUT2D eigenvalue weighted by molar-refractivity contribution is -0.137. The Morgan fingerprint density at radius 3 is 2.56 bits per heavy atom. The normalized spacial score (nSPS) is 11.0. The van der Waals surface area contributed by atoms with Gasteiger partial charge in [0.25, 0.3) is 0 Å². The van der Waals surface area contributed by atoms with E-state index in [1.54, 1.807) is 13.0 Å². The quantitative estimate of drug-likeness (QED) is 0.658. The minimum atomic E-state index is -0.731. The van der Waals surface area contributed by atoms with Gasteiger partial charge in [-0.2, -0.15) is 0 Å². The molecule has 1 N–H and O–H groups in total. The molecule has 0 aliphatic rings. The number of amides is 1. The number of hydrogen-bond donors (Lipinski definition) is 1. The molecule has 0 unspecified atom stereocenters. The standard InChI is InChI=1S/C13H14FNO3/c1-8-4-5-10(11(14)6-8)7-12(13(17)18-3)15-9(2)16/h4-7H,1-3H3,(H,15,16)/b12-7-. The molecule has 5 heteroatoms. The smallest absolute Gasteiger partial charge is 0.354 e. The van der Waals surface area contributed by atoms with Crippen LogP contribution in [0.2, 0.25) is 0 Å². The van der Waals surface area contributed by atoms with E-state index in [0.29, 0.717) is 0 Å². The highest BCUT2D eigenvalue weighted by Gasteiger charge is 2.12. The van der Waals surface area contributed by atoms with Crippen LogP contribution in [0.1, 0.15) is 18.1 Å². The molecule has 1 amide bonds. The minimum Gasteiger partial charge on any atom is -0.464 e. The van der Waals surface area contributed by atoms with Gasteiger partial charge in [-0.1, -0.05) is 12.1 Å². The van der Waals surface area contributed by atoms with Crippen molar-refractivity contribution in [1.82, 2.24) is 5.32 Å². The van der Waals surface area contributed by atoms with E-state index in [2.05, 4.69) is 10.1 Å². The first kappa shape index (κ1) is 13.9. The van der Waals surface area contributed by atoms with Crippen LogP contribution in [-0.2, 0) is 14.3 Å². The van der Waals surface area contributed by atoms with Gasteiger partial charge in [-0.3, -0.25) is 4.79 Å². The number of methoxy groups -OCH3 is 1. The molecule has 4 nitrogen and oxygen atoms in total. The summed E-state index contributed by atoms with van der Waals surface area (Å²) < 4.78 is 18.1. The number of nitrogens with one attached hydrogen (secondary N) is 1. The monoisotopic (exact) mass is 251 g/mol. The van der Waals surface area contributed by atoms with Crippen LogP contribution < -0.4 is 5.32 Å². The molecule has 0 heterocycles. The molecule has 0 bridgehead atoms. The molecule has 0 aliphatic heterocycles. The number of rotatable bonds is 3. The van der Waals surface area contributed by atoms with E-state index in [1.807, 2.05) is 0 Å². The predicted molar refractivity (Wildman–Crippen MR) is 64.9 cm³/mol. The van der Waals surface area contributed by atoms with Gasteiger partial charge >= 0.3 is 5.97 Å². The highest BCUT2D eigenvalue weighted by atomic mass is 19.1. The molecular weight excluding hydrogens is 237 g/mol. The van der Waals surface area contributed by atoms with Crippen molar-refractivity contribution in [3.05, 3.63) is 40.8 Å². The summed E-state index contributed by atoms with van der Waals surface area (Å²) in [5, 5.41) is 2.30. The van der Waals surface area contributed by atoms with Gasteiger partial charge in [0.15, 0.2) is 0 Å². The number of ether oxygens (including phenoxy) is 1.